The number of amides is 2. The molecular weight excluding hydrogens is 355 g/mol. The molecule has 0 bridgehead atoms. The van der Waals surface area contributed by atoms with Crippen LogP contribution in [0.5, 0.6) is 0 Å². The van der Waals surface area contributed by atoms with Gasteiger partial charge in [0.05, 0.1) is 12.8 Å². The number of carbonyl (C=O) groups excluding carboxylic acids is 2. The quantitative estimate of drug-likeness (QED) is 0.883. The third kappa shape index (κ3) is 3.55. The maximum atomic E-state index is 13.1. The molecule has 2 aromatic rings. The third-order valence-corrected chi connectivity index (χ3v) is 3.86. The second kappa shape index (κ2) is 6.81. The Labute approximate surface area is 145 Å². The molecule has 1 fully saturated rings. The molecular formula is C15H16F3N5O3. The first-order valence-electron chi connectivity index (χ1n) is 7.90. The number of rotatable bonds is 4. The lowest BCUT2D eigenvalue weighted by molar-refractivity contribution is -0.142. The van der Waals surface area contributed by atoms with Crippen LogP contribution in [0.4, 0.5) is 18.0 Å². The highest BCUT2D eigenvalue weighted by molar-refractivity contribution is 5.99. The van der Waals surface area contributed by atoms with Crippen LogP contribution in [0, 0.1) is 6.92 Å². The van der Waals surface area contributed by atoms with E-state index in [9.17, 15) is 22.8 Å². The molecule has 3 rings (SSSR count). The zero-order valence-electron chi connectivity index (χ0n) is 13.8. The Balaban J connectivity index is 1.74. The molecule has 0 saturated carbocycles. The van der Waals surface area contributed by atoms with Gasteiger partial charge in [0, 0.05) is 25.3 Å². The van der Waals surface area contributed by atoms with Gasteiger partial charge in [-0.15, -0.1) is 0 Å². The molecule has 1 aliphatic rings. The zero-order chi connectivity index (χ0) is 18.9. The molecule has 0 aromatic carbocycles. The van der Waals surface area contributed by atoms with Crippen molar-refractivity contribution in [3.63, 3.8) is 0 Å². The van der Waals surface area contributed by atoms with Gasteiger partial charge in [-0.2, -0.15) is 18.3 Å². The molecule has 8 nitrogen and oxygen atoms in total. The minimum atomic E-state index is -4.62. The van der Waals surface area contributed by atoms with Crippen LogP contribution in [0.15, 0.2) is 12.3 Å². The lowest BCUT2D eigenvalue weighted by atomic mass is 10.2. The van der Waals surface area contributed by atoms with Crippen molar-refractivity contribution in [2.24, 2.45) is 0 Å². The number of nitrogens with one attached hydrogen (secondary N) is 1. The van der Waals surface area contributed by atoms with E-state index < -0.39 is 23.9 Å². The van der Waals surface area contributed by atoms with Gasteiger partial charge in [-0.1, -0.05) is 0 Å². The van der Waals surface area contributed by atoms with Crippen molar-refractivity contribution in [2.45, 2.75) is 19.5 Å². The van der Waals surface area contributed by atoms with E-state index in [1.54, 1.807) is 0 Å². The highest BCUT2D eigenvalue weighted by Gasteiger charge is 2.35. The molecule has 3 heterocycles. The molecule has 1 aliphatic heterocycles. The molecule has 2 aromatic heterocycles. The second-order valence-corrected chi connectivity index (χ2v) is 5.79. The van der Waals surface area contributed by atoms with Crippen molar-refractivity contribution >= 4 is 17.6 Å². The highest BCUT2D eigenvalue weighted by atomic mass is 19.4. The number of hydrogen-bond donors (Lipinski definition) is 1. The Bertz CT molecular complexity index is 849. The summed E-state index contributed by atoms with van der Waals surface area (Å²) in [5.74, 6) is -0.614. The van der Waals surface area contributed by atoms with Crippen molar-refractivity contribution < 1.29 is 27.5 Å². The Hall–Kier alpha value is -2.85. The maximum Gasteiger partial charge on any atom is 0.433 e. The van der Waals surface area contributed by atoms with E-state index in [1.807, 2.05) is 0 Å². The smallest absolute Gasteiger partial charge is 0.433 e. The van der Waals surface area contributed by atoms with E-state index in [0.29, 0.717) is 24.1 Å². The van der Waals surface area contributed by atoms with Crippen LogP contribution < -0.4 is 5.32 Å². The molecule has 0 spiro atoms. The lowest BCUT2D eigenvalue weighted by Gasteiger charge is -2.26. The Morgan fingerprint density at radius 2 is 2.19 bits per heavy atom. The third-order valence-electron chi connectivity index (χ3n) is 3.86. The summed E-state index contributed by atoms with van der Waals surface area (Å²) in [6, 6.07) is 0.865. The molecule has 26 heavy (non-hydrogen) atoms. The summed E-state index contributed by atoms with van der Waals surface area (Å²) in [4.78, 5) is 29.2. The Kier molecular flexibility index (Phi) is 4.70. The Morgan fingerprint density at radius 3 is 2.88 bits per heavy atom. The number of hydrogen-bond acceptors (Lipinski definition) is 5. The summed E-state index contributed by atoms with van der Waals surface area (Å²) in [7, 11) is 0. The molecule has 0 atom stereocenters. The van der Waals surface area contributed by atoms with Crippen LogP contribution in [0.3, 0.4) is 0 Å². The molecule has 0 radical (unpaired) electrons. The van der Waals surface area contributed by atoms with Gasteiger partial charge in [-0.3, -0.25) is 4.79 Å². The van der Waals surface area contributed by atoms with E-state index in [2.05, 4.69) is 15.4 Å². The summed E-state index contributed by atoms with van der Waals surface area (Å²) in [5, 5.41) is 6.21. The minimum absolute atomic E-state index is 0.0691. The van der Waals surface area contributed by atoms with E-state index in [4.69, 9.17) is 4.74 Å². The van der Waals surface area contributed by atoms with E-state index in [-0.39, 0.29) is 30.0 Å². The second-order valence-electron chi connectivity index (χ2n) is 5.79. The van der Waals surface area contributed by atoms with E-state index in [0.717, 1.165) is 12.3 Å². The van der Waals surface area contributed by atoms with Crippen LogP contribution in [0.25, 0.3) is 5.65 Å². The normalized spacial score (nSPS) is 15.2. The molecule has 11 heteroatoms. The number of alkyl halides is 3. The van der Waals surface area contributed by atoms with E-state index in [1.165, 1.54) is 11.8 Å². The van der Waals surface area contributed by atoms with E-state index >= 15 is 0 Å². The summed E-state index contributed by atoms with van der Waals surface area (Å²) in [5.41, 5.74) is -1.13. The first kappa shape index (κ1) is 18.0. The molecule has 1 saturated heterocycles. The number of halogens is 3. The molecule has 2 amide bonds. The van der Waals surface area contributed by atoms with Crippen molar-refractivity contribution in [3.05, 3.63) is 29.2 Å². The SMILES string of the molecule is Cc1cc(C(F)(F)F)n2ncc(C(=O)NCCN3CCCOC3=O)c2n1. The maximum absolute atomic E-state index is 13.1. The average molecular weight is 371 g/mol. The van der Waals surface area contributed by atoms with Gasteiger partial charge in [0.25, 0.3) is 5.91 Å². The molecule has 0 aliphatic carbocycles. The number of cyclic esters (lactones) is 1. The van der Waals surface area contributed by atoms with Gasteiger partial charge in [0.15, 0.2) is 5.65 Å². The van der Waals surface area contributed by atoms with Crippen molar-refractivity contribution in [1.82, 2.24) is 24.8 Å². The summed E-state index contributed by atoms with van der Waals surface area (Å²) >= 11 is 0. The predicted molar refractivity (Wildman–Crippen MR) is 82.6 cm³/mol. The van der Waals surface area contributed by atoms with Gasteiger partial charge in [0.1, 0.15) is 11.3 Å². The standard InChI is InChI=1S/C15H16F3N5O3/c1-9-7-11(15(16,17)18)23-12(21-9)10(8-20-23)13(24)19-3-5-22-4-2-6-26-14(22)25/h7-8H,2-6H2,1H3,(H,19,24). The number of ether oxygens (including phenoxy) is 1. The van der Waals surface area contributed by atoms with Crippen LogP contribution in [0.2, 0.25) is 0 Å². The number of fused-ring (bicyclic) bond motifs is 1. The van der Waals surface area contributed by atoms with Crippen molar-refractivity contribution in [1.29, 1.82) is 0 Å². The van der Waals surface area contributed by atoms with Crippen LogP contribution in [0.1, 0.15) is 28.2 Å². The predicted octanol–water partition coefficient (Wildman–Crippen LogP) is 1.63. The first-order valence-corrected chi connectivity index (χ1v) is 7.90. The fourth-order valence-electron chi connectivity index (χ4n) is 2.65. The highest BCUT2D eigenvalue weighted by Crippen LogP contribution is 2.30. The van der Waals surface area contributed by atoms with Crippen molar-refractivity contribution in [2.75, 3.05) is 26.2 Å². The fraction of sp³-hybridized carbons (Fsp3) is 0.467. The molecule has 0 unspecified atom stereocenters. The number of aromatic nitrogens is 3. The molecule has 140 valence electrons. The zero-order valence-corrected chi connectivity index (χ0v) is 13.8. The first-order chi connectivity index (χ1) is 12.3. The monoisotopic (exact) mass is 371 g/mol. The van der Waals surface area contributed by atoms with Gasteiger partial charge in [-0.25, -0.2) is 14.3 Å². The number of nitrogens with zero attached hydrogens (tertiary/aromatic N) is 4. The summed E-state index contributed by atoms with van der Waals surface area (Å²) in [6.45, 7) is 2.68. The largest absolute Gasteiger partial charge is 0.449 e. The minimum Gasteiger partial charge on any atom is -0.449 e. The summed E-state index contributed by atoms with van der Waals surface area (Å²) in [6.07, 6.45) is -3.33. The number of aryl methyl sites for hydroxylation is 1. The molecule has 1 N–H and O–H groups in total. The Morgan fingerprint density at radius 1 is 1.42 bits per heavy atom. The van der Waals surface area contributed by atoms with Crippen LogP contribution >= 0.6 is 0 Å². The average Bonchev–Trinajstić information content (AvgIpc) is 2.98. The van der Waals surface area contributed by atoms with Gasteiger partial charge >= 0.3 is 12.3 Å². The van der Waals surface area contributed by atoms with Crippen LogP contribution in [-0.2, 0) is 10.9 Å². The lowest BCUT2D eigenvalue weighted by Crippen LogP contribution is -2.42. The van der Waals surface area contributed by atoms with Gasteiger partial charge < -0.3 is 15.0 Å². The topological polar surface area (TPSA) is 88.8 Å². The fourth-order valence-corrected chi connectivity index (χ4v) is 2.65. The van der Waals surface area contributed by atoms with Gasteiger partial charge in [0.2, 0.25) is 0 Å². The van der Waals surface area contributed by atoms with Gasteiger partial charge in [-0.05, 0) is 19.4 Å². The van der Waals surface area contributed by atoms with Crippen molar-refractivity contribution in [3.8, 4) is 0 Å². The summed E-state index contributed by atoms with van der Waals surface area (Å²) < 4.78 is 44.8. The number of carbonyl (C=O) groups is 2. The van der Waals surface area contributed by atoms with Crippen LogP contribution in [-0.4, -0.2) is 57.7 Å².